The Bertz CT molecular complexity index is 908. The Labute approximate surface area is 158 Å². The molecule has 0 saturated carbocycles. The summed E-state index contributed by atoms with van der Waals surface area (Å²) >= 11 is 0. The lowest BCUT2D eigenvalue weighted by molar-refractivity contribution is -0.122. The van der Waals surface area contributed by atoms with E-state index in [1.165, 1.54) is 15.9 Å². The fourth-order valence-electron chi connectivity index (χ4n) is 3.30. The highest BCUT2D eigenvalue weighted by Gasteiger charge is 2.15. The molecule has 0 bridgehead atoms. The third-order valence-electron chi connectivity index (χ3n) is 4.73. The predicted molar refractivity (Wildman–Crippen MR) is 102 cm³/mol. The van der Waals surface area contributed by atoms with Crippen molar-refractivity contribution in [2.75, 3.05) is 19.6 Å². The van der Waals surface area contributed by atoms with E-state index in [1.807, 2.05) is 30.3 Å². The zero-order valence-corrected chi connectivity index (χ0v) is 15.1. The zero-order valence-electron chi connectivity index (χ0n) is 15.1. The number of carbonyl (C=O) groups is 1. The zero-order chi connectivity index (χ0) is 18.5. The van der Waals surface area contributed by atoms with Crippen LogP contribution in [0.1, 0.15) is 11.1 Å². The van der Waals surface area contributed by atoms with Crippen molar-refractivity contribution < 1.29 is 4.79 Å². The van der Waals surface area contributed by atoms with Crippen molar-refractivity contribution >= 4 is 5.91 Å². The Morgan fingerprint density at radius 3 is 2.67 bits per heavy atom. The second kappa shape index (κ2) is 8.09. The maximum atomic E-state index is 12.1. The number of benzene rings is 2. The van der Waals surface area contributed by atoms with Crippen molar-refractivity contribution in [3.63, 3.8) is 0 Å². The molecular weight excluding hydrogens is 340 g/mol. The van der Waals surface area contributed by atoms with E-state index in [9.17, 15) is 4.79 Å². The molecule has 0 aliphatic carbocycles. The highest BCUT2D eigenvalue weighted by atomic mass is 16.2. The van der Waals surface area contributed by atoms with Gasteiger partial charge in [0.25, 0.3) is 0 Å². The van der Waals surface area contributed by atoms with Crippen molar-refractivity contribution in [3.05, 3.63) is 65.7 Å². The average molecular weight is 362 g/mol. The highest BCUT2D eigenvalue weighted by Crippen LogP contribution is 2.17. The molecule has 1 aliphatic heterocycles. The lowest BCUT2D eigenvalue weighted by Crippen LogP contribution is -2.38. The molecule has 3 aromatic rings. The van der Waals surface area contributed by atoms with Crippen LogP contribution in [0.5, 0.6) is 0 Å². The van der Waals surface area contributed by atoms with E-state index in [0.717, 1.165) is 31.6 Å². The summed E-state index contributed by atoms with van der Waals surface area (Å²) in [6, 6.07) is 18.2. The minimum absolute atomic E-state index is 0.0721. The van der Waals surface area contributed by atoms with E-state index in [1.54, 1.807) is 0 Å². The first kappa shape index (κ1) is 17.4. The molecule has 27 heavy (non-hydrogen) atoms. The first-order valence-electron chi connectivity index (χ1n) is 9.17. The summed E-state index contributed by atoms with van der Waals surface area (Å²) in [7, 11) is 0. The number of nitrogens with zero attached hydrogens (tertiary/aromatic N) is 5. The van der Waals surface area contributed by atoms with Gasteiger partial charge in [0, 0.05) is 31.7 Å². The SMILES string of the molecule is O=C(Cn1nnc(-c2ccccc2)n1)NCCN1CCc2ccccc2C1. The third-order valence-corrected chi connectivity index (χ3v) is 4.73. The summed E-state index contributed by atoms with van der Waals surface area (Å²) in [6.45, 7) is 3.49. The van der Waals surface area contributed by atoms with Crippen LogP contribution in [0, 0.1) is 0 Å². The molecule has 0 atom stereocenters. The fourth-order valence-corrected chi connectivity index (χ4v) is 3.30. The third kappa shape index (κ3) is 4.38. The van der Waals surface area contributed by atoms with Gasteiger partial charge in [0.05, 0.1) is 0 Å². The van der Waals surface area contributed by atoms with E-state index in [0.29, 0.717) is 12.4 Å². The van der Waals surface area contributed by atoms with Crippen LogP contribution in [-0.2, 0) is 24.3 Å². The van der Waals surface area contributed by atoms with Gasteiger partial charge in [-0.2, -0.15) is 4.80 Å². The van der Waals surface area contributed by atoms with Crippen molar-refractivity contribution in [2.24, 2.45) is 0 Å². The normalized spacial score (nSPS) is 13.9. The first-order valence-corrected chi connectivity index (χ1v) is 9.17. The number of carbonyl (C=O) groups excluding carboxylic acids is 1. The van der Waals surface area contributed by atoms with E-state index < -0.39 is 0 Å². The van der Waals surface area contributed by atoms with Gasteiger partial charge in [0.1, 0.15) is 6.54 Å². The Morgan fingerprint density at radius 2 is 1.81 bits per heavy atom. The second-order valence-electron chi connectivity index (χ2n) is 6.65. The molecule has 0 spiro atoms. The number of amides is 1. The molecular formula is C20H22N6O. The molecule has 2 heterocycles. The Kier molecular flexibility index (Phi) is 5.20. The molecule has 7 nitrogen and oxygen atoms in total. The van der Waals surface area contributed by atoms with Gasteiger partial charge in [0.15, 0.2) is 0 Å². The van der Waals surface area contributed by atoms with E-state index in [-0.39, 0.29) is 12.5 Å². The van der Waals surface area contributed by atoms with Crippen LogP contribution in [0.3, 0.4) is 0 Å². The smallest absolute Gasteiger partial charge is 0.243 e. The summed E-state index contributed by atoms with van der Waals surface area (Å²) in [5, 5.41) is 15.2. The number of fused-ring (bicyclic) bond motifs is 1. The van der Waals surface area contributed by atoms with Gasteiger partial charge in [-0.05, 0) is 22.8 Å². The summed E-state index contributed by atoms with van der Waals surface area (Å²) in [5.41, 5.74) is 3.70. The lowest BCUT2D eigenvalue weighted by atomic mass is 10.00. The summed E-state index contributed by atoms with van der Waals surface area (Å²) in [5.74, 6) is 0.416. The Balaban J connectivity index is 1.23. The average Bonchev–Trinajstić information content (AvgIpc) is 3.17. The summed E-state index contributed by atoms with van der Waals surface area (Å²) < 4.78 is 0. The number of rotatable bonds is 6. The Morgan fingerprint density at radius 1 is 1.04 bits per heavy atom. The monoisotopic (exact) mass is 362 g/mol. The van der Waals surface area contributed by atoms with Crippen molar-refractivity contribution in [1.82, 2.24) is 30.4 Å². The summed E-state index contributed by atoms with van der Waals surface area (Å²) in [4.78, 5) is 15.8. The number of nitrogens with one attached hydrogen (secondary N) is 1. The Hall–Kier alpha value is -3.06. The van der Waals surface area contributed by atoms with Crippen LogP contribution in [0.15, 0.2) is 54.6 Å². The highest BCUT2D eigenvalue weighted by molar-refractivity contribution is 5.75. The molecule has 0 radical (unpaired) electrons. The standard InChI is InChI=1S/C20H22N6O/c27-19(15-26-23-20(22-24-26)17-7-2-1-3-8-17)21-11-13-25-12-10-16-6-4-5-9-18(16)14-25/h1-9H,10-15H2,(H,21,27). The number of tetrazole rings is 1. The quantitative estimate of drug-likeness (QED) is 0.719. The number of hydrogen-bond acceptors (Lipinski definition) is 5. The van der Waals surface area contributed by atoms with Crippen molar-refractivity contribution in [3.8, 4) is 11.4 Å². The molecule has 1 aliphatic rings. The number of hydrogen-bond donors (Lipinski definition) is 1. The molecule has 138 valence electrons. The van der Waals surface area contributed by atoms with Gasteiger partial charge in [-0.1, -0.05) is 54.6 Å². The minimum atomic E-state index is -0.107. The van der Waals surface area contributed by atoms with Crippen LogP contribution in [-0.4, -0.2) is 50.6 Å². The van der Waals surface area contributed by atoms with Gasteiger partial charge in [-0.25, -0.2) is 0 Å². The molecule has 1 aromatic heterocycles. The molecule has 2 aromatic carbocycles. The predicted octanol–water partition coefficient (Wildman–Crippen LogP) is 1.51. The minimum Gasteiger partial charge on any atom is -0.353 e. The molecule has 7 heteroatoms. The van der Waals surface area contributed by atoms with Gasteiger partial charge in [-0.15, -0.1) is 10.2 Å². The van der Waals surface area contributed by atoms with Crippen LogP contribution in [0.4, 0.5) is 0 Å². The number of aromatic nitrogens is 4. The molecule has 1 amide bonds. The maximum absolute atomic E-state index is 12.1. The van der Waals surface area contributed by atoms with E-state index in [4.69, 9.17) is 0 Å². The van der Waals surface area contributed by atoms with E-state index >= 15 is 0 Å². The summed E-state index contributed by atoms with van der Waals surface area (Å²) in [6.07, 6.45) is 1.06. The topological polar surface area (TPSA) is 75.9 Å². The van der Waals surface area contributed by atoms with Gasteiger partial charge in [-0.3, -0.25) is 9.69 Å². The van der Waals surface area contributed by atoms with Gasteiger partial charge < -0.3 is 5.32 Å². The molecule has 0 unspecified atom stereocenters. The maximum Gasteiger partial charge on any atom is 0.243 e. The van der Waals surface area contributed by atoms with Crippen LogP contribution in [0.2, 0.25) is 0 Å². The first-order chi connectivity index (χ1) is 13.3. The van der Waals surface area contributed by atoms with Crippen molar-refractivity contribution in [1.29, 1.82) is 0 Å². The van der Waals surface area contributed by atoms with Crippen LogP contribution in [0.25, 0.3) is 11.4 Å². The molecule has 1 N–H and O–H groups in total. The largest absolute Gasteiger partial charge is 0.353 e. The molecule has 4 rings (SSSR count). The second-order valence-corrected chi connectivity index (χ2v) is 6.65. The van der Waals surface area contributed by atoms with E-state index in [2.05, 4.69) is 49.9 Å². The lowest BCUT2D eigenvalue weighted by Gasteiger charge is -2.28. The van der Waals surface area contributed by atoms with Crippen LogP contribution >= 0.6 is 0 Å². The van der Waals surface area contributed by atoms with Crippen molar-refractivity contribution in [2.45, 2.75) is 19.5 Å². The fraction of sp³-hybridized carbons (Fsp3) is 0.300. The molecule has 0 fully saturated rings. The van der Waals surface area contributed by atoms with Gasteiger partial charge in [0.2, 0.25) is 11.7 Å². The van der Waals surface area contributed by atoms with Crippen LogP contribution < -0.4 is 5.32 Å². The van der Waals surface area contributed by atoms with Gasteiger partial charge >= 0.3 is 0 Å². The molecule has 0 saturated heterocycles.